The van der Waals surface area contributed by atoms with Gasteiger partial charge >= 0.3 is 0 Å². The first-order valence-electron chi connectivity index (χ1n) is 4.85. The topological polar surface area (TPSA) is 17.1 Å². The Kier molecular flexibility index (Phi) is 1.97. The molecule has 0 aromatic carbocycles. The van der Waals surface area contributed by atoms with Gasteiger partial charge in [-0.25, -0.2) is 0 Å². The molecule has 0 amide bonds. The number of carbonyl (C=O) groups excluding carboxylic acids is 1. The maximum Gasteiger partial charge on any atom is 0.123 e. The molecule has 62 valence electrons. The molecule has 3 unspecified atom stereocenters. The van der Waals surface area contributed by atoms with Gasteiger partial charge in [0.05, 0.1) is 0 Å². The van der Waals surface area contributed by atoms with E-state index in [1.54, 1.807) is 0 Å². The van der Waals surface area contributed by atoms with Crippen molar-refractivity contribution in [3.05, 3.63) is 0 Å². The highest BCUT2D eigenvalue weighted by Gasteiger charge is 2.37. The number of fused-ring (bicyclic) bond motifs is 1. The highest BCUT2D eigenvalue weighted by atomic mass is 16.1. The molecule has 0 bridgehead atoms. The molecule has 2 saturated carbocycles. The summed E-state index contributed by atoms with van der Waals surface area (Å²) >= 11 is 0. The summed E-state index contributed by atoms with van der Waals surface area (Å²) < 4.78 is 0. The smallest absolute Gasteiger partial charge is 0.123 e. The molecule has 0 heterocycles. The fraction of sp³-hybridized carbons (Fsp3) is 0.900. The summed E-state index contributed by atoms with van der Waals surface area (Å²) in [6.07, 6.45) is 8.99. The number of aldehydes is 1. The van der Waals surface area contributed by atoms with Crippen LogP contribution in [0.3, 0.4) is 0 Å². The predicted octanol–water partition coefficient (Wildman–Crippen LogP) is 2.40. The van der Waals surface area contributed by atoms with Crippen LogP contribution in [0.4, 0.5) is 0 Å². The lowest BCUT2D eigenvalue weighted by atomic mass is 9.92. The molecule has 0 N–H and O–H groups in total. The Morgan fingerprint density at radius 1 is 1.00 bits per heavy atom. The Hall–Kier alpha value is -0.330. The Bertz CT molecular complexity index is 153. The van der Waals surface area contributed by atoms with Gasteiger partial charge in [0.1, 0.15) is 6.29 Å². The summed E-state index contributed by atoms with van der Waals surface area (Å²) in [6, 6.07) is 0. The molecule has 3 atom stereocenters. The van der Waals surface area contributed by atoms with E-state index in [9.17, 15) is 4.79 Å². The third-order valence-electron chi connectivity index (χ3n) is 3.32. The molecule has 0 aromatic heterocycles. The fourth-order valence-corrected chi connectivity index (χ4v) is 2.37. The van der Waals surface area contributed by atoms with Crippen LogP contribution in [0.1, 0.15) is 38.5 Å². The first-order chi connectivity index (χ1) is 5.40. The number of carbonyl (C=O) groups is 1. The molecule has 0 radical (unpaired) electrons. The van der Waals surface area contributed by atoms with Gasteiger partial charge in [-0.1, -0.05) is 12.8 Å². The molecule has 2 aliphatic rings. The van der Waals surface area contributed by atoms with Crippen LogP contribution in [0.5, 0.6) is 0 Å². The van der Waals surface area contributed by atoms with Gasteiger partial charge < -0.3 is 4.79 Å². The third kappa shape index (κ3) is 1.63. The van der Waals surface area contributed by atoms with E-state index < -0.39 is 0 Å². The fourth-order valence-electron chi connectivity index (χ4n) is 2.37. The minimum Gasteiger partial charge on any atom is -0.303 e. The van der Waals surface area contributed by atoms with Gasteiger partial charge in [-0.2, -0.15) is 0 Å². The largest absolute Gasteiger partial charge is 0.303 e. The van der Waals surface area contributed by atoms with Crippen LogP contribution < -0.4 is 0 Å². The first-order valence-corrected chi connectivity index (χ1v) is 4.85. The normalized spacial score (nSPS) is 43.5. The molecule has 2 aliphatic carbocycles. The summed E-state index contributed by atoms with van der Waals surface area (Å²) in [7, 11) is 0. The number of hydrogen-bond acceptors (Lipinski definition) is 1. The van der Waals surface area contributed by atoms with E-state index in [1.165, 1.54) is 38.4 Å². The summed E-state index contributed by atoms with van der Waals surface area (Å²) in [4.78, 5) is 10.5. The van der Waals surface area contributed by atoms with Crippen molar-refractivity contribution in [1.29, 1.82) is 0 Å². The summed E-state index contributed by atoms with van der Waals surface area (Å²) in [6.45, 7) is 0. The Morgan fingerprint density at radius 3 is 2.64 bits per heavy atom. The minimum atomic E-state index is 0.400. The molecule has 0 aromatic rings. The van der Waals surface area contributed by atoms with Crippen LogP contribution >= 0.6 is 0 Å². The van der Waals surface area contributed by atoms with E-state index in [-0.39, 0.29) is 0 Å². The average molecular weight is 152 g/mol. The SMILES string of the molecule is O=CC1CCCC2CC2CC1. The Labute approximate surface area is 68.2 Å². The maximum absolute atomic E-state index is 10.5. The van der Waals surface area contributed by atoms with E-state index in [1.807, 2.05) is 0 Å². The quantitative estimate of drug-likeness (QED) is 0.527. The van der Waals surface area contributed by atoms with Gasteiger partial charge in [0.2, 0.25) is 0 Å². The molecular weight excluding hydrogens is 136 g/mol. The van der Waals surface area contributed by atoms with Crippen LogP contribution in [-0.2, 0) is 4.79 Å². The second-order valence-electron chi connectivity index (χ2n) is 4.16. The van der Waals surface area contributed by atoms with Crippen LogP contribution in [0, 0.1) is 17.8 Å². The summed E-state index contributed by atoms with van der Waals surface area (Å²) in [5, 5.41) is 0. The van der Waals surface area contributed by atoms with Crippen LogP contribution in [-0.4, -0.2) is 6.29 Å². The second-order valence-corrected chi connectivity index (χ2v) is 4.16. The molecule has 0 spiro atoms. The van der Waals surface area contributed by atoms with Crippen molar-refractivity contribution in [2.75, 3.05) is 0 Å². The van der Waals surface area contributed by atoms with Crippen molar-refractivity contribution in [1.82, 2.24) is 0 Å². The minimum absolute atomic E-state index is 0.400. The van der Waals surface area contributed by atoms with Crippen molar-refractivity contribution < 1.29 is 4.79 Å². The molecule has 11 heavy (non-hydrogen) atoms. The zero-order chi connectivity index (χ0) is 7.68. The van der Waals surface area contributed by atoms with E-state index in [2.05, 4.69) is 0 Å². The molecule has 2 rings (SSSR count). The zero-order valence-corrected chi connectivity index (χ0v) is 6.96. The lowest BCUT2D eigenvalue weighted by Crippen LogP contribution is -2.05. The zero-order valence-electron chi connectivity index (χ0n) is 6.96. The van der Waals surface area contributed by atoms with Crippen LogP contribution in [0.2, 0.25) is 0 Å². The first kappa shape index (κ1) is 7.33. The molecule has 1 heteroatoms. The van der Waals surface area contributed by atoms with E-state index in [0.29, 0.717) is 5.92 Å². The summed E-state index contributed by atoms with van der Waals surface area (Å²) in [5.41, 5.74) is 0. The van der Waals surface area contributed by atoms with Crippen molar-refractivity contribution >= 4 is 6.29 Å². The van der Waals surface area contributed by atoms with Crippen molar-refractivity contribution in [2.45, 2.75) is 38.5 Å². The van der Waals surface area contributed by atoms with E-state index in [4.69, 9.17) is 0 Å². The summed E-state index contributed by atoms with van der Waals surface area (Å²) in [5.74, 6) is 2.47. The van der Waals surface area contributed by atoms with Gasteiger partial charge in [-0.3, -0.25) is 0 Å². The molecular formula is C10H16O. The average Bonchev–Trinajstić information content (AvgIpc) is 2.68. The third-order valence-corrected chi connectivity index (χ3v) is 3.32. The second kappa shape index (κ2) is 2.96. The van der Waals surface area contributed by atoms with Gasteiger partial charge in [-0.15, -0.1) is 0 Å². The molecule has 1 nitrogen and oxygen atoms in total. The number of rotatable bonds is 1. The molecule has 0 aliphatic heterocycles. The predicted molar refractivity (Wildman–Crippen MR) is 44.2 cm³/mol. The molecule has 0 saturated heterocycles. The van der Waals surface area contributed by atoms with Crippen molar-refractivity contribution in [3.8, 4) is 0 Å². The highest BCUT2D eigenvalue weighted by Crippen LogP contribution is 2.47. The lowest BCUT2D eigenvalue weighted by molar-refractivity contribution is -0.111. The highest BCUT2D eigenvalue weighted by molar-refractivity contribution is 5.53. The van der Waals surface area contributed by atoms with Crippen LogP contribution in [0.15, 0.2) is 0 Å². The van der Waals surface area contributed by atoms with Gasteiger partial charge in [-0.05, 0) is 37.5 Å². The Morgan fingerprint density at radius 2 is 1.82 bits per heavy atom. The van der Waals surface area contributed by atoms with Crippen LogP contribution in [0.25, 0.3) is 0 Å². The van der Waals surface area contributed by atoms with Gasteiger partial charge in [0.25, 0.3) is 0 Å². The maximum atomic E-state index is 10.5. The lowest BCUT2D eigenvalue weighted by Gasteiger charge is -2.12. The molecule has 2 fully saturated rings. The monoisotopic (exact) mass is 152 g/mol. The van der Waals surface area contributed by atoms with Crippen molar-refractivity contribution in [3.63, 3.8) is 0 Å². The van der Waals surface area contributed by atoms with Gasteiger partial charge in [0.15, 0.2) is 0 Å². The van der Waals surface area contributed by atoms with E-state index >= 15 is 0 Å². The number of hydrogen-bond donors (Lipinski definition) is 0. The van der Waals surface area contributed by atoms with Crippen molar-refractivity contribution in [2.24, 2.45) is 17.8 Å². The van der Waals surface area contributed by atoms with E-state index in [0.717, 1.165) is 18.3 Å². The Balaban J connectivity index is 1.85. The standard InChI is InChI=1S/C10H16O/c11-7-8-2-1-3-9-6-10(9)5-4-8/h7-10H,1-6H2. The van der Waals surface area contributed by atoms with Gasteiger partial charge in [0, 0.05) is 5.92 Å².